The molecule has 6 nitrogen and oxygen atoms in total. The Morgan fingerprint density at radius 2 is 2.00 bits per heavy atom. The van der Waals surface area contributed by atoms with Gasteiger partial charge >= 0.3 is 12.0 Å². The monoisotopic (exact) mass is 292 g/mol. The first-order chi connectivity index (χ1) is 10.1. The van der Waals surface area contributed by atoms with E-state index >= 15 is 0 Å². The van der Waals surface area contributed by atoms with E-state index in [9.17, 15) is 9.59 Å². The quantitative estimate of drug-likeness (QED) is 0.720. The highest BCUT2D eigenvalue weighted by Gasteiger charge is 2.33. The number of carbonyl (C=O) groups excluding carboxylic acids is 1. The van der Waals surface area contributed by atoms with E-state index in [-0.39, 0.29) is 24.4 Å². The van der Waals surface area contributed by atoms with Crippen LogP contribution in [0.2, 0.25) is 0 Å². The van der Waals surface area contributed by atoms with Gasteiger partial charge in [-0.05, 0) is 49.9 Å². The zero-order valence-corrected chi connectivity index (χ0v) is 12.0. The van der Waals surface area contributed by atoms with Crippen molar-refractivity contribution in [2.45, 2.75) is 32.2 Å². The fraction of sp³-hybridized carbons (Fsp3) is 0.467. The molecule has 3 N–H and O–H groups in total. The van der Waals surface area contributed by atoms with Crippen LogP contribution in [0.5, 0.6) is 5.75 Å². The third-order valence-electron chi connectivity index (χ3n) is 3.33. The summed E-state index contributed by atoms with van der Waals surface area (Å²) in [6, 6.07) is 6.35. The van der Waals surface area contributed by atoms with Crippen molar-refractivity contribution in [3.63, 3.8) is 0 Å². The second-order valence-electron chi connectivity index (χ2n) is 5.10. The second kappa shape index (κ2) is 6.97. The molecule has 114 valence electrons. The van der Waals surface area contributed by atoms with Gasteiger partial charge in [0, 0.05) is 11.7 Å². The molecule has 0 aliphatic heterocycles. The second-order valence-corrected chi connectivity index (χ2v) is 5.10. The molecule has 1 saturated carbocycles. The van der Waals surface area contributed by atoms with Gasteiger partial charge in [-0.15, -0.1) is 0 Å². The predicted molar refractivity (Wildman–Crippen MR) is 78.5 cm³/mol. The van der Waals surface area contributed by atoms with Crippen molar-refractivity contribution in [1.29, 1.82) is 0 Å². The third-order valence-corrected chi connectivity index (χ3v) is 3.33. The molecule has 2 amide bonds. The molecule has 0 heterocycles. The van der Waals surface area contributed by atoms with Crippen LogP contribution in [-0.4, -0.2) is 29.8 Å². The number of ether oxygens (including phenoxy) is 1. The maximum atomic E-state index is 11.9. The molecular weight excluding hydrogens is 272 g/mol. The number of aliphatic carboxylic acids is 1. The summed E-state index contributed by atoms with van der Waals surface area (Å²) in [5, 5.41) is 14.3. The first kappa shape index (κ1) is 15.2. The van der Waals surface area contributed by atoms with Crippen molar-refractivity contribution in [3.8, 4) is 5.75 Å². The van der Waals surface area contributed by atoms with Gasteiger partial charge < -0.3 is 20.5 Å². The normalized spacial score (nSPS) is 15.1. The summed E-state index contributed by atoms with van der Waals surface area (Å²) in [5.74, 6) is 0.130. The summed E-state index contributed by atoms with van der Waals surface area (Å²) in [7, 11) is 0. The number of carbonyl (C=O) groups is 2. The van der Waals surface area contributed by atoms with Crippen molar-refractivity contribution < 1.29 is 19.4 Å². The standard InChI is InChI=1S/C15H20N2O4/c1-2-21-12-7-5-11(6-8-12)16-15(20)17-13(9-14(18)19)10-3-4-10/h5-8,10,13H,2-4,9H2,1H3,(H,18,19)(H2,16,17,20). The molecule has 0 radical (unpaired) electrons. The number of nitrogens with one attached hydrogen (secondary N) is 2. The number of amides is 2. The minimum absolute atomic E-state index is 0.0403. The highest BCUT2D eigenvalue weighted by Crippen LogP contribution is 2.34. The zero-order chi connectivity index (χ0) is 15.2. The summed E-state index contributed by atoms with van der Waals surface area (Å²) in [4.78, 5) is 22.7. The molecule has 6 heteroatoms. The molecule has 1 aromatic carbocycles. The Kier molecular flexibility index (Phi) is 5.03. The maximum absolute atomic E-state index is 11.9. The number of carboxylic acids is 1. The lowest BCUT2D eigenvalue weighted by Gasteiger charge is -2.16. The average molecular weight is 292 g/mol. The van der Waals surface area contributed by atoms with Crippen molar-refractivity contribution >= 4 is 17.7 Å². The predicted octanol–water partition coefficient (Wildman–Crippen LogP) is 2.46. The van der Waals surface area contributed by atoms with Crippen molar-refractivity contribution in [2.24, 2.45) is 5.92 Å². The number of anilines is 1. The van der Waals surface area contributed by atoms with Gasteiger partial charge in [0.1, 0.15) is 5.75 Å². The van der Waals surface area contributed by atoms with Gasteiger partial charge in [-0.2, -0.15) is 0 Å². The minimum atomic E-state index is -0.895. The summed E-state index contributed by atoms with van der Waals surface area (Å²) in [5.41, 5.74) is 0.640. The highest BCUT2D eigenvalue weighted by molar-refractivity contribution is 5.89. The molecular formula is C15H20N2O4. The zero-order valence-electron chi connectivity index (χ0n) is 12.0. The van der Waals surface area contributed by atoms with Crippen LogP contribution in [0.15, 0.2) is 24.3 Å². The van der Waals surface area contributed by atoms with E-state index in [1.54, 1.807) is 24.3 Å². The van der Waals surface area contributed by atoms with Crippen LogP contribution in [0.25, 0.3) is 0 Å². The average Bonchev–Trinajstić information content (AvgIpc) is 3.24. The van der Waals surface area contributed by atoms with E-state index in [4.69, 9.17) is 9.84 Å². The fourth-order valence-corrected chi connectivity index (χ4v) is 2.16. The number of benzene rings is 1. The molecule has 0 bridgehead atoms. The van der Waals surface area contributed by atoms with E-state index in [1.165, 1.54) is 0 Å². The molecule has 0 saturated heterocycles. The van der Waals surface area contributed by atoms with Gasteiger partial charge in [-0.25, -0.2) is 4.79 Å². The largest absolute Gasteiger partial charge is 0.494 e. The summed E-state index contributed by atoms with van der Waals surface area (Å²) < 4.78 is 5.32. The molecule has 1 atom stereocenters. The van der Waals surface area contributed by atoms with Crippen molar-refractivity contribution in [3.05, 3.63) is 24.3 Å². The van der Waals surface area contributed by atoms with Crippen LogP contribution in [-0.2, 0) is 4.79 Å². The van der Waals surface area contributed by atoms with Gasteiger partial charge in [0.2, 0.25) is 0 Å². The van der Waals surface area contributed by atoms with Crippen LogP contribution in [0, 0.1) is 5.92 Å². The maximum Gasteiger partial charge on any atom is 0.319 e. The van der Waals surface area contributed by atoms with Crippen LogP contribution in [0.3, 0.4) is 0 Å². The van der Waals surface area contributed by atoms with E-state index in [0.717, 1.165) is 18.6 Å². The van der Waals surface area contributed by atoms with Gasteiger partial charge in [0.25, 0.3) is 0 Å². The molecule has 0 spiro atoms. The molecule has 1 aromatic rings. The van der Waals surface area contributed by atoms with E-state index in [1.807, 2.05) is 6.92 Å². The Labute approximate surface area is 123 Å². The molecule has 1 aliphatic carbocycles. The smallest absolute Gasteiger partial charge is 0.319 e. The lowest BCUT2D eigenvalue weighted by Crippen LogP contribution is -2.40. The Morgan fingerprint density at radius 3 is 2.52 bits per heavy atom. The van der Waals surface area contributed by atoms with Crippen LogP contribution in [0.4, 0.5) is 10.5 Å². The Hall–Kier alpha value is -2.24. The van der Waals surface area contributed by atoms with Gasteiger partial charge in [0.15, 0.2) is 0 Å². The molecule has 1 unspecified atom stereocenters. The first-order valence-electron chi connectivity index (χ1n) is 7.10. The van der Waals surface area contributed by atoms with Crippen LogP contribution >= 0.6 is 0 Å². The van der Waals surface area contributed by atoms with Crippen LogP contribution in [0.1, 0.15) is 26.2 Å². The van der Waals surface area contributed by atoms with E-state index in [0.29, 0.717) is 12.3 Å². The van der Waals surface area contributed by atoms with Crippen LogP contribution < -0.4 is 15.4 Å². The number of hydrogen-bond acceptors (Lipinski definition) is 3. The summed E-state index contributed by atoms with van der Waals surface area (Å²) in [6.07, 6.45) is 1.91. The number of hydrogen-bond donors (Lipinski definition) is 3. The highest BCUT2D eigenvalue weighted by atomic mass is 16.5. The molecule has 0 aromatic heterocycles. The number of urea groups is 1. The molecule has 1 aliphatic rings. The summed E-state index contributed by atoms with van der Waals surface area (Å²) in [6.45, 7) is 2.49. The third kappa shape index (κ3) is 4.98. The van der Waals surface area contributed by atoms with E-state index in [2.05, 4.69) is 10.6 Å². The van der Waals surface area contributed by atoms with Crippen molar-refractivity contribution in [1.82, 2.24) is 5.32 Å². The Bertz CT molecular complexity index is 497. The minimum Gasteiger partial charge on any atom is -0.494 e. The van der Waals surface area contributed by atoms with Gasteiger partial charge in [-0.3, -0.25) is 4.79 Å². The number of rotatable bonds is 7. The molecule has 21 heavy (non-hydrogen) atoms. The van der Waals surface area contributed by atoms with Gasteiger partial charge in [-0.1, -0.05) is 0 Å². The first-order valence-corrected chi connectivity index (χ1v) is 7.10. The van der Waals surface area contributed by atoms with Crippen molar-refractivity contribution in [2.75, 3.05) is 11.9 Å². The van der Waals surface area contributed by atoms with E-state index < -0.39 is 5.97 Å². The molecule has 2 rings (SSSR count). The Morgan fingerprint density at radius 1 is 1.33 bits per heavy atom. The number of carboxylic acid groups (broad SMARTS) is 1. The Balaban J connectivity index is 1.86. The van der Waals surface area contributed by atoms with Gasteiger partial charge in [0.05, 0.1) is 13.0 Å². The summed E-state index contributed by atoms with van der Waals surface area (Å²) >= 11 is 0. The fourth-order valence-electron chi connectivity index (χ4n) is 2.16. The topological polar surface area (TPSA) is 87.7 Å². The molecule has 1 fully saturated rings. The SMILES string of the molecule is CCOc1ccc(NC(=O)NC(CC(=O)O)C2CC2)cc1. The lowest BCUT2D eigenvalue weighted by molar-refractivity contribution is -0.137. The lowest BCUT2D eigenvalue weighted by atomic mass is 10.1.